The largest absolute Gasteiger partial charge is 0.478 e. The lowest BCUT2D eigenvalue weighted by atomic mass is 10.1. The molecule has 0 bridgehead atoms. The first-order valence-corrected chi connectivity index (χ1v) is 9.88. The average Bonchev–Trinajstić information content (AvgIpc) is 2.79. The molecule has 4 N–H and O–H groups in total. The minimum absolute atomic E-state index is 0.00394. The van der Waals surface area contributed by atoms with Crippen molar-refractivity contribution < 1.29 is 29.4 Å². The van der Waals surface area contributed by atoms with E-state index in [0.717, 1.165) is 0 Å². The molecule has 0 spiro atoms. The van der Waals surface area contributed by atoms with Crippen LogP contribution in [0.25, 0.3) is 6.08 Å². The summed E-state index contributed by atoms with van der Waals surface area (Å²) in [6.07, 6.45) is 1.29. The molecule has 0 atom stereocenters. The first kappa shape index (κ1) is 23.2. The predicted molar refractivity (Wildman–Crippen MR) is 123 cm³/mol. The lowest BCUT2D eigenvalue weighted by Gasteiger charge is -2.13. The molecule has 0 saturated heterocycles. The number of rotatable bonds is 7. The van der Waals surface area contributed by atoms with E-state index in [4.69, 9.17) is 11.6 Å². The highest BCUT2D eigenvalue weighted by molar-refractivity contribution is 6.31. The van der Waals surface area contributed by atoms with Gasteiger partial charge in [-0.2, -0.15) is 0 Å². The molecule has 166 valence electrons. The molecule has 0 unspecified atom stereocenters. The maximum Gasteiger partial charge on any atom is 0.337 e. The minimum atomic E-state index is -1.26. The fraction of sp³-hybridized carbons (Fsp3) is 0. The van der Waals surface area contributed by atoms with E-state index in [1.54, 1.807) is 24.3 Å². The molecule has 0 aliphatic rings. The molecule has 0 radical (unpaired) electrons. The molecule has 0 heterocycles. The SMILES string of the molecule is O=C(Nc1ccccc1C(=O)O)C(=Cc1ccc(Cl)cc1)C(=O)Nc1ccccc1C(=O)O. The second kappa shape index (κ2) is 10.3. The zero-order valence-electron chi connectivity index (χ0n) is 16.9. The van der Waals surface area contributed by atoms with Crippen molar-refractivity contribution in [3.8, 4) is 0 Å². The average molecular weight is 465 g/mol. The molecular weight excluding hydrogens is 448 g/mol. The van der Waals surface area contributed by atoms with Crippen molar-refractivity contribution in [3.05, 3.63) is 100 Å². The monoisotopic (exact) mass is 464 g/mol. The molecule has 8 nitrogen and oxygen atoms in total. The number of hydrogen-bond donors (Lipinski definition) is 4. The first-order chi connectivity index (χ1) is 15.8. The summed E-state index contributed by atoms with van der Waals surface area (Å²) < 4.78 is 0. The van der Waals surface area contributed by atoms with Gasteiger partial charge in [-0.15, -0.1) is 0 Å². The van der Waals surface area contributed by atoms with E-state index in [1.165, 1.54) is 54.6 Å². The van der Waals surface area contributed by atoms with Crippen LogP contribution < -0.4 is 10.6 Å². The Morgan fingerprint density at radius 3 is 1.52 bits per heavy atom. The van der Waals surface area contributed by atoms with Crippen LogP contribution in [0.4, 0.5) is 11.4 Å². The van der Waals surface area contributed by atoms with Gasteiger partial charge in [0.15, 0.2) is 0 Å². The van der Waals surface area contributed by atoms with Gasteiger partial charge in [0.25, 0.3) is 11.8 Å². The van der Waals surface area contributed by atoms with Gasteiger partial charge in [0.1, 0.15) is 5.57 Å². The summed E-state index contributed by atoms with van der Waals surface area (Å²) >= 11 is 5.89. The Hall–Kier alpha value is -4.43. The highest BCUT2D eigenvalue weighted by Gasteiger charge is 2.22. The van der Waals surface area contributed by atoms with Gasteiger partial charge in [0, 0.05) is 5.02 Å². The number of hydrogen-bond acceptors (Lipinski definition) is 4. The highest BCUT2D eigenvalue weighted by atomic mass is 35.5. The topological polar surface area (TPSA) is 133 Å². The van der Waals surface area contributed by atoms with Crippen molar-refractivity contribution in [2.45, 2.75) is 0 Å². The molecule has 3 rings (SSSR count). The molecule has 3 aromatic carbocycles. The number of halogens is 1. The van der Waals surface area contributed by atoms with Gasteiger partial charge in [-0.1, -0.05) is 48.0 Å². The van der Waals surface area contributed by atoms with Gasteiger partial charge in [-0.05, 0) is 48.0 Å². The number of benzene rings is 3. The Morgan fingerprint density at radius 2 is 1.09 bits per heavy atom. The number of anilines is 2. The van der Waals surface area contributed by atoms with E-state index in [0.29, 0.717) is 10.6 Å². The lowest BCUT2D eigenvalue weighted by molar-refractivity contribution is -0.118. The summed E-state index contributed by atoms with van der Waals surface area (Å²) in [5, 5.41) is 24.0. The van der Waals surface area contributed by atoms with Crippen LogP contribution in [0.2, 0.25) is 5.02 Å². The maximum atomic E-state index is 13.0. The van der Waals surface area contributed by atoms with Gasteiger partial charge in [0.2, 0.25) is 0 Å². The zero-order valence-corrected chi connectivity index (χ0v) is 17.7. The van der Waals surface area contributed by atoms with Crippen LogP contribution in [-0.4, -0.2) is 34.0 Å². The second-order valence-electron chi connectivity index (χ2n) is 6.72. The quantitative estimate of drug-likeness (QED) is 0.233. The van der Waals surface area contributed by atoms with Gasteiger partial charge < -0.3 is 20.8 Å². The van der Waals surface area contributed by atoms with Crippen molar-refractivity contribution in [1.29, 1.82) is 0 Å². The maximum absolute atomic E-state index is 13.0. The number of aromatic carboxylic acids is 2. The molecule has 0 fully saturated rings. The Kier molecular flexibility index (Phi) is 7.22. The predicted octanol–water partition coefficient (Wildman–Crippen LogP) is 4.40. The Balaban J connectivity index is 1.99. The van der Waals surface area contributed by atoms with Crippen LogP contribution in [0.1, 0.15) is 26.3 Å². The van der Waals surface area contributed by atoms with Gasteiger partial charge in [-0.25, -0.2) is 9.59 Å². The number of carbonyl (C=O) groups excluding carboxylic acids is 2. The van der Waals surface area contributed by atoms with Gasteiger partial charge in [-0.3, -0.25) is 9.59 Å². The molecule has 33 heavy (non-hydrogen) atoms. The zero-order chi connectivity index (χ0) is 24.0. The van der Waals surface area contributed by atoms with E-state index < -0.39 is 23.8 Å². The van der Waals surface area contributed by atoms with Gasteiger partial charge >= 0.3 is 11.9 Å². The van der Waals surface area contributed by atoms with E-state index in [9.17, 15) is 29.4 Å². The number of para-hydroxylation sites is 2. The standard InChI is InChI=1S/C24H17ClN2O6/c25-15-11-9-14(10-12-15)13-18(21(28)26-19-7-3-1-5-16(19)23(30)31)22(29)27-20-8-4-2-6-17(20)24(32)33/h1-13H,(H,26,28)(H,27,29)(H,30,31)(H,32,33). The van der Waals surface area contributed by atoms with Crippen LogP contribution in [0, 0.1) is 0 Å². The molecule has 3 aromatic rings. The molecule has 0 aliphatic heterocycles. The summed E-state index contributed by atoms with van der Waals surface area (Å²) in [5.74, 6) is -4.28. The fourth-order valence-electron chi connectivity index (χ4n) is 2.90. The van der Waals surface area contributed by atoms with Crippen LogP contribution >= 0.6 is 11.6 Å². The Labute approximate surface area is 193 Å². The normalized spacial score (nSPS) is 10.1. The van der Waals surface area contributed by atoms with E-state index in [1.807, 2.05) is 0 Å². The molecule has 0 aromatic heterocycles. The second-order valence-corrected chi connectivity index (χ2v) is 7.16. The number of carboxylic acids is 2. The fourth-order valence-corrected chi connectivity index (χ4v) is 3.02. The van der Waals surface area contributed by atoms with Crippen molar-refractivity contribution in [3.63, 3.8) is 0 Å². The Bertz CT molecular complexity index is 1190. The first-order valence-electron chi connectivity index (χ1n) is 9.51. The summed E-state index contributed by atoms with van der Waals surface area (Å²) in [5.41, 5.74) is -0.233. The lowest BCUT2D eigenvalue weighted by Crippen LogP contribution is -2.26. The molecular formula is C24H17ClN2O6. The van der Waals surface area contributed by atoms with E-state index in [2.05, 4.69) is 10.6 Å². The summed E-state index contributed by atoms with van der Waals surface area (Å²) in [6, 6.07) is 17.8. The molecule has 9 heteroatoms. The van der Waals surface area contributed by atoms with Crippen molar-refractivity contribution in [1.82, 2.24) is 0 Å². The number of amides is 2. The third-order valence-corrected chi connectivity index (χ3v) is 4.73. The van der Waals surface area contributed by atoms with Crippen molar-refractivity contribution in [2.75, 3.05) is 10.6 Å². The summed E-state index contributed by atoms with van der Waals surface area (Å²) in [7, 11) is 0. The van der Waals surface area contributed by atoms with Crippen molar-refractivity contribution in [2.24, 2.45) is 0 Å². The van der Waals surface area contributed by atoms with Gasteiger partial charge in [0.05, 0.1) is 22.5 Å². The number of carboxylic acid groups (broad SMARTS) is 2. The molecule has 0 saturated carbocycles. The smallest absolute Gasteiger partial charge is 0.337 e. The van der Waals surface area contributed by atoms with Crippen LogP contribution in [-0.2, 0) is 9.59 Å². The van der Waals surface area contributed by atoms with Crippen LogP contribution in [0.15, 0.2) is 78.4 Å². The third-order valence-electron chi connectivity index (χ3n) is 4.48. The van der Waals surface area contributed by atoms with Crippen molar-refractivity contribution >= 4 is 52.8 Å². The van der Waals surface area contributed by atoms with Crippen LogP contribution in [0.5, 0.6) is 0 Å². The molecule has 2 amide bonds. The highest BCUT2D eigenvalue weighted by Crippen LogP contribution is 2.20. The van der Waals surface area contributed by atoms with E-state index >= 15 is 0 Å². The minimum Gasteiger partial charge on any atom is -0.478 e. The van der Waals surface area contributed by atoms with E-state index in [-0.39, 0.29) is 28.1 Å². The Morgan fingerprint density at radius 1 is 0.667 bits per heavy atom. The summed E-state index contributed by atoms with van der Waals surface area (Å²) in [6.45, 7) is 0. The molecule has 0 aliphatic carbocycles. The summed E-state index contributed by atoms with van der Waals surface area (Å²) in [4.78, 5) is 49.0. The third kappa shape index (κ3) is 5.84. The van der Waals surface area contributed by atoms with Crippen LogP contribution in [0.3, 0.4) is 0 Å². The number of carbonyl (C=O) groups is 4. The number of nitrogens with one attached hydrogen (secondary N) is 2.